The van der Waals surface area contributed by atoms with E-state index in [1.807, 2.05) is 0 Å². The van der Waals surface area contributed by atoms with Crippen LogP contribution in [0.4, 0.5) is 0 Å². The second-order valence-corrected chi connectivity index (χ2v) is 11.3. The highest BCUT2D eigenvalue weighted by atomic mass is 31.2. The van der Waals surface area contributed by atoms with Crippen molar-refractivity contribution in [1.82, 2.24) is 4.90 Å². The van der Waals surface area contributed by atoms with E-state index in [0.29, 0.717) is 0 Å². The zero-order valence-electron chi connectivity index (χ0n) is 20.1. The van der Waals surface area contributed by atoms with Crippen LogP contribution in [0.15, 0.2) is 12.3 Å². The van der Waals surface area contributed by atoms with Crippen LogP contribution in [0.25, 0.3) is 0 Å². The van der Waals surface area contributed by atoms with E-state index in [1.165, 1.54) is 23.6 Å². The summed E-state index contributed by atoms with van der Waals surface area (Å²) in [5.74, 6) is 1.14. The van der Waals surface area contributed by atoms with E-state index in [4.69, 9.17) is 29.5 Å². The lowest BCUT2D eigenvalue weighted by Gasteiger charge is -2.37. The lowest BCUT2D eigenvalue weighted by molar-refractivity contribution is -0.155. The number of terminal acetylenes is 1. The van der Waals surface area contributed by atoms with Gasteiger partial charge in [-0.05, 0) is 45.1 Å². The van der Waals surface area contributed by atoms with Crippen LogP contribution in [0.2, 0.25) is 0 Å². The smallest absolute Gasteiger partial charge is 0.462 e. The highest BCUT2D eigenvalue weighted by Crippen LogP contribution is 2.59. The minimum absolute atomic E-state index is 0.0311. The molecule has 3 heterocycles. The summed E-state index contributed by atoms with van der Waals surface area (Å²) in [6.45, 7) is 3.25. The Kier molecular flexibility index (Phi) is 7.84. The van der Waals surface area contributed by atoms with Crippen molar-refractivity contribution < 1.29 is 42.0 Å². The standard InChI is InChI=1S/C24H32NO9P/c1-4-24(3)21-19(33-23(24)25-12-10-17(26)14-20(25)27)15-31-35(29,34-21)30-13-11-16(2)22(28)32-18-8-6-5-7-9-18/h1,10,12,16,18-19,21,23H,5-9,11,13-15H2,2-3H3/t16?,19-,21-,23-,24-,35+/m1/s1. The molecule has 0 aromatic heterocycles. The van der Waals surface area contributed by atoms with Crippen LogP contribution in [0.5, 0.6) is 0 Å². The molecule has 10 nitrogen and oxygen atoms in total. The number of allylic oxidation sites excluding steroid dienone is 1. The first-order valence-corrected chi connectivity index (χ1v) is 13.5. The van der Waals surface area contributed by atoms with E-state index in [-0.39, 0.29) is 43.9 Å². The van der Waals surface area contributed by atoms with Gasteiger partial charge < -0.3 is 9.47 Å². The topological polar surface area (TPSA) is 118 Å². The fraction of sp³-hybridized carbons (Fsp3) is 0.708. The molecule has 2 saturated heterocycles. The monoisotopic (exact) mass is 509 g/mol. The first-order valence-electron chi connectivity index (χ1n) is 12.1. The third kappa shape index (κ3) is 5.55. The molecule has 1 saturated carbocycles. The molecule has 192 valence electrons. The minimum Gasteiger partial charge on any atom is -0.462 e. The van der Waals surface area contributed by atoms with Crippen molar-refractivity contribution in [3.05, 3.63) is 12.3 Å². The van der Waals surface area contributed by atoms with Crippen LogP contribution in [0, 0.1) is 23.7 Å². The number of ether oxygens (including phenoxy) is 2. The number of hydrogen-bond acceptors (Lipinski definition) is 9. The molecule has 4 aliphatic rings. The minimum atomic E-state index is -3.99. The van der Waals surface area contributed by atoms with E-state index in [9.17, 15) is 18.9 Å². The summed E-state index contributed by atoms with van der Waals surface area (Å²) in [6, 6.07) is 0. The van der Waals surface area contributed by atoms with Gasteiger partial charge in [0.2, 0.25) is 5.91 Å². The van der Waals surface area contributed by atoms with Crippen LogP contribution in [0.1, 0.15) is 58.8 Å². The molecule has 0 aromatic carbocycles. The van der Waals surface area contributed by atoms with Crippen LogP contribution in [-0.4, -0.2) is 60.3 Å². The quantitative estimate of drug-likeness (QED) is 0.221. The number of carbonyl (C=O) groups excluding carboxylic acids is 3. The number of esters is 1. The first kappa shape index (κ1) is 26.1. The molecule has 0 aromatic rings. The molecule has 3 fully saturated rings. The van der Waals surface area contributed by atoms with Crippen LogP contribution in [0.3, 0.4) is 0 Å². The van der Waals surface area contributed by atoms with Crippen molar-refractivity contribution >= 4 is 25.5 Å². The highest BCUT2D eigenvalue weighted by Gasteiger charge is 2.61. The molecule has 4 rings (SSSR count). The predicted octanol–water partition coefficient (Wildman–Crippen LogP) is 3.11. The number of nitrogens with zero attached hydrogens (tertiary/aromatic N) is 1. The van der Waals surface area contributed by atoms with E-state index >= 15 is 0 Å². The molecule has 0 N–H and O–H groups in total. The molecule has 0 bridgehead atoms. The van der Waals surface area contributed by atoms with E-state index in [2.05, 4.69) is 5.92 Å². The van der Waals surface area contributed by atoms with Crippen LogP contribution < -0.4 is 0 Å². The number of phosphoric acid groups is 1. The summed E-state index contributed by atoms with van der Waals surface area (Å²) in [5.41, 5.74) is -1.18. The maximum Gasteiger partial charge on any atom is 0.475 e. The van der Waals surface area contributed by atoms with Gasteiger partial charge in [-0.1, -0.05) is 19.3 Å². The van der Waals surface area contributed by atoms with Gasteiger partial charge in [-0.3, -0.25) is 32.9 Å². The number of amides is 1. The van der Waals surface area contributed by atoms with Gasteiger partial charge in [0.15, 0.2) is 12.0 Å². The summed E-state index contributed by atoms with van der Waals surface area (Å²) < 4.78 is 41.4. The van der Waals surface area contributed by atoms with Gasteiger partial charge in [-0.15, -0.1) is 6.42 Å². The Balaban J connectivity index is 1.34. The Morgan fingerprint density at radius 1 is 1.34 bits per heavy atom. The van der Waals surface area contributed by atoms with Crippen LogP contribution >= 0.6 is 7.82 Å². The zero-order valence-corrected chi connectivity index (χ0v) is 20.9. The summed E-state index contributed by atoms with van der Waals surface area (Å²) in [4.78, 5) is 37.6. The highest BCUT2D eigenvalue weighted by molar-refractivity contribution is 7.48. The molecule has 35 heavy (non-hydrogen) atoms. The first-order chi connectivity index (χ1) is 16.6. The van der Waals surface area contributed by atoms with Gasteiger partial charge in [0, 0.05) is 6.20 Å². The van der Waals surface area contributed by atoms with Gasteiger partial charge in [-0.2, -0.15) is 0 Å². The Morgan fingerprint density at radius 3 is 2.77 bits per heavy atom. The van der Waals surface area contributed by atoms with Gasteiger partial charge >= 0.3 is 13.8 Å². The van der Waals surface area contributed by atoms with Gasteiger partial charge in [0.25, 0.3) is 0 Å². The molecular formula is C24H32NO9P. The maximum absolute atomic E-state index is 13.2. The number of carbonyl (C=O) groups is 3. The van der Waals surface area contributed by atoms with Gasteiger partial charge in [0.1, 0.15) is 23.7 Å². The molecule has 1 unspecified atom stereocenters. The Hall–Kier alpha value is -2.02. The number of hydrogen-bond donors (Lipinski definition) is 0. The van der Waals surface area contributed by atoms with Crippen molar-refractivity contribution in [2.75, 3.05) is 13.2 Å². The number of rotatable bonds is 7. The fourth-order valence-corrected chi connectivity index (χ4v) is 6.28. The molecular weight excluding hydrogens is 477 g/mol. The average Bonchev–Trinajstić information content (AvgIpc) is 3.11. The molecule has 11 heteroatoms. The summed E-state index contributed by atoms with van der Waals surface area (Å²) in [7, 11) is -3.99. The lowest BCUT2D eigenvalue weighted by Crippen LogP contribution is -2.49. The third-order valence-electron chi connectivity index (χ3n) is 7.02. The van der Waals surface area contributed by atoms with E-state index in [1.54, 1.807) is 13.8 Å². The second-order valence-electron chi connectivity index (χ2n) is 9.70. The summed E-state index contributed by atoms with van der Waals surface area (Å²) in [6.07, 6.45) is 11.0. The molecule has 3 aliphatic heterocycles. The molecule has 1 aliphatic carbocycles. The SMILES string of the molecule is C#C[C@]1(C)[C@@H]2O[P@@](=O)(OCCC(C)C(=O)OC3CCCCC3)OC[C@H]2O[C@H]1N1C=CC(=O)CC1=O. The predicted molar refractivity (Wildman–Crippen MR) is 122 cm³/mol. The third-order valence-corrected chi connectivity index (χ3v) is 8.47. The van der Waals surface area contributed by atoms with E-state index in [0.717, 1.165) is 25.7 Å². The van der Waals surface area contributed by atoms with Crippen molar-refractivity contribution in [3.63, 3.8) is 0 Å². The average molecular weight is 509 g/mol. The Labute approximate surface area is 205 Å². The van der Waals surface area contributed by atoms with Crippen molar-refractivity contribution in [1.29, 1.82) is 0 Å². The maximum atomic E-state index is 13.2. The Morgan fingerprint density at radius 2 is 2.09 bits per heavy atom. The van der Waals surface area contributed by atoms with Gasteiger partial charge in [0.05, 0.1) is 25.6 Å². The van der Waals surface area contributed by atoms with Crippen molar-refractivity contribution in [2.45, 2.75) is 83.3 Å². The number of fused-ring (bicyclic) bond motifs is 1. The molecule has 0 spiro atoms. The largest absolute Gasteiger partial charge is 0.475 e. The summed E-state index contributed by atoms with van der Waals surface area (Å²) in [5, 5.41) is 0. The normalized spacial score (nSPS) is 36.5. The second kappa shape index (κ2) is 10.5. The van der Waals surface area contributed by atoms with Crippen LogP contribution in [-0.2, 0) is 42.0 Å². The summed E-state index contributed by atoms with van der Waals surface area (Å²) >= 11 is 0. The number of phosphoric ester groups is 1. The Bertz CT molecular complexity index is 969. The van der Waals surface area contributed by atoms with Crippen molar-refractivity contribution in [2.24, 2.45) is 11.3 Å². The lowest BCUT2D eigenvalue weighted by atomic mass is 9.82. The fourth-order valence-electron chi connectivity index (χ4n) is 4.80. The van der Waals surface area contributed by atoms with E-state index < -0.39 is 43.5 Å². The number of ketones is 1. The van der Waals surface area contributed by atoms with Crippen molar-refractivity contribution in [3.8, 4) is 12.3 Å². The van der Waals surface area contributed by atoms with Gasteiger partial charge in [-0.25, -0.2) is 4.57 Å². The molecule has 0 radical (unpaired) electrons. The molecule has 1 amide bonds. The molecule has 6 atom stereocenters. The zero-order chi connectivity index (χ0) is 25.2.